The van der Waals surface area contributed by atoms with Crippen molar-refractivity contribution in [1.29, 1.82) is 0 Å². The average Bonchev–Trinajstić information content (AvgIpc) is 3.16. The van der Waals surface area contributed by atoms with Gasteiger partial charge in [0.15, 0.2) is 17.2 Å². The number of hydrogen-bond donors (Lipinski definition) is 0. The van der Waals surface area contributed by atoms with E-state index < -0.39 is 11.9 Å². The number of methoxy groups -OCH3 is 4. The molecule has 2 atom stereocenters. The van der Waals surface area contributed by atoms with E-state index in [0.717, 1.165) is 24.2 Å². The maximum Gasteiger partial charge on any atom is 0.423 e. The van der Waals surface area contributed by atoms with E-state index in [1.54, 1.807) is 51.7 Å². The molecule has 1 aliphatic heterocycles. The molecule has 2 unspecified atom stereocenters. The Bertz CT molecular complexity index is 1580. The molecule has 5 rings (SSSR count). The van der Waals surface area contributed by atoms with E-state index in [9.17, 15) is 14.4 Å². The molecule has 1 aliphatic carbocycles. The fraction of sp³-hybridized carbons (Fsp3) is 0.375. The Kier molecular flexibility index (Phi) is 9.10. The van der Waals surface area contributed by atoms with Gasteiger partial charge in [0.1, 0.15) is 17.6 Å². The molecule has 11 nitrogen and oxygen atoms in total. The number of pyridine rings is 1. The Labute approximate surface area is 248 Å². The number of carbonyl (C=O) groups is 3. The lowest BCUT2D eigenvalue weighted by molar-refractivity contribution is -0.155. The van der Waals surface area contributed by atoms with Crippen LogP contribution in [0.25, 0.3) is 10.8 Å². The molecule has 1 aromatic heterocycles. The van der Waals surface area contributed by atoms with Gasteiger partial charge in [-0.3, -0.25) is 9.78 Å². The maximum absolute atomic E-state index is 12.8. The zero-order valence-corrected chi connectivity index (χ0v) is 24.5. The van der Waals surface area contributed by atoms with Gasteiger partial charge in [0.2, 0.25) is 0 Å². The quantitative estimate of drug-likeness (QED) is 0.182. The molecule has 0 spiro atoms. The minimum Gasteiger partial charge on any atom is -0.499 e. The summed E-state index contributed by atoms with van der Waals surface area (Å²) >= 11 is 0. The lowest BCUT2D eigenvalue weighted by Crippen LogP contribution is -2.25. The molecular formula is C32H33NO10. The SMILES string of the molecule is COC1=CC(COC(=O)CCc2nc(Cc3ccc(OC)c(OC)c3)c3c4c(cccc24)OC(=O)C(=O)O3)CCC1OC. The van der Waals surface area contributed by atoms with Gasteiger partial charge < -0.3 is 33.2 Å². The van der Waals surface area contributed by atoms with Crippen LogP contribution in [0.5, 0.6) is 23.0 Å². The Morgan fingerprint density at radius 3 is 2.47 bits per heavy atom. The zero-order valence-electron chi connectivity index (χ0n) is 24.5. The van der Waals surface area contributed by atoms with Crippen LogP contribution in [0.3, 0.4) is 0 Å². The molecule has 2 aromatic carbocycles. The third-order valence-corrected chi connectivity index (χ3v) is 7.54. The highest BCUT2D eigenvalue weighted by atomic mass is 16.6. The van der Waals surface area contributed by atoms with Crippen LogP contribution in [0, 0.1) is 5.92 Å². The fourth-order valence-electron chi connectivity index (χ4n) is 5.38. The van der Waals surface area contributed by atoms with Crippen LogP contribution in [0.15, 0.2) is 48.2 Å². The van der Waals surface area contributed by atoms with Crippen molar-refractivity contribution in [3.05, 3.63) is 65.2 Å². The number of rotatable bonds is 11. The first-order valence-electron chi connectivity index (χ1n) is 13.9. The first-order chi connectivity index (χ1) is 20.8. The molecule has 0 fully saturated rings. The molecule has 2 heterocycles. The molecule has 0 amide bonds. The van der Waals surface area contributed by atoms with Gasteiger partial charge in [-0.2, -0.15) is 0 Å². The van der Waals surface area contributed by atoms with Gasteiger partial charge in [-0.25, -0.2) is 9.59 Å². The summed E-state index contributed by atoms with van der Waals surface area (Å²) in [6.45, 7) is 0.232. The molecule has 0 saturated heterocycles. The minimum atomic E-state index is -1.14. The van der Waals surface area contributed by atoms with E-state index in [1.165, 1.54) is 7.11 Å². The predicted octanol–water partition coefficient (Wildman–Crippen LogP) is 4.10. The Hall–Kier alpha value is -4.64. The number of carbonyl (C=O) groups excluding carboxylic acids is 3. The van der Waals surface area contributed by atoms with Crippen LogP contribution in [-0.2, 0) is 41.4 Å². The lowest BCUT2D eigenvalue weighted by atomic mass is 9.93. The highest BCUT2D eigenvalue weighted by Gasteiger charge is 2.31. The van der Waals surface area contributed by atoms with Gasteiger partial charge in [-0.1, -0.05) is 18.2 Å². The third-order valence-electron chi connectivity index (χ3n) is 7.54. The predicted molar refractivity (Wildman–Crippen MR) is 153 cm³/mol. The van der Waals surface area contributed by atoms with Crippen molar-refractivity contribution in [3.63, 3.8) is 0 Å². The number of aromatic nitrogens is 1. The van der Waals surface area contributed by atoms with Crippen molar-refractivity contribution in [2.24, 2.45) is 5.92 Å². The van der Waals surface area contributed by atoms with E-state index in [4.69, 9.17) is 38.1 Å². The first-order valence-corrected chi connectivity index (χ1v) is 13.9. The molecule has 2 aliphatic rings. The standard InChI is InChI=1S/C32H33NO10/c1-37-23-11-8-18(15-26(23)39-3)14-22-30-29-20(6-5-7-25(29)42-31(35)32(36)43-30)21(33-22)10-13-28(34)41-17-19-9-12-24(38-2)27(16-19)40-4/h5-8,11,15-16,19,24H,9-10,12-14,17H2,1-4H3. The van der Waals surface area contributed by atoms with Crippen LogP contribution in [0.1, 0.15) is 36.2 Å². The van der Waals surface area contributed by atoms with E-state index in [-0.39, 0.29) is 55.4 Å². The van der Waals surface area contributed by atoms with Crippen molar-refractivity contribution >= 4 is 28.7 Å². The largest absolute Gasteiger partial charge is 0.499 e. The van der Waals surface area contributed by atoms with Crippen molar-refractivity contribution in [2.45, 2.75) is 38.2 Å². The summed E-state index contributed by atoms with van der Waals surface area (Å²) in [7, 11) is 6.32. The Morgan fingerprint density at radius 2 is 1.72 bits per heavy atom. The lowest BCUT2D eigenvalue weighted by Gasteiger charge is -2.26. The monoisotopic (exact) mass is 591 g/mol. The highest BCUT2D eigenvalue weighted by molar-refractivity contribution is 6.32. The van der Waals surface area contributed by atoms with E-state index in [0.29, 0.717) is 33.7 Å². The Morgan fingerprint density at radius 1 is 0.930 bits per heavy atom. The van der Waals surface area contributed by atoms with Crippen LogP contribution >= 0.6 is 0 Å². The normalized spacial score (nSPS) is 17.8. The summed E-state index contributed by atoms with van der Waals surface area (Å²) in [5.41, 5.74) is 1.77. The van der Waals surface area contributed by atoms with Crippen LogP contribution in [0.4, 0.5) is 0 Å². The second kappa shape index (κ2) is 13.1. The molecular weight excluding hydrogens is 558 g/mol. The summed E-state index contributed by atoms with van der Waals surface area (Å²) < 4.78 is 38.1. The fourth-order valence-corrected chi connectivity index (χ4v) is 5.38. The van der Waals surface area contributed by atoms with Crippen molar-refractivity contribution in [2.75, 3.05) is 35.0 Å². The van der Waals surface area contributed by atoms with Gasteiger partial charge in [0.05, 0.1) is 45.4 Å². The summed E-state index contributed by atoms with van der Waals surface area (Å²) in [4.78, 5) is 42.4. The highest BCUT2D eigenvalue weighted by Crippen LogP contribution is 2.41. The molecule has 0 radical (unpaired) electrons. The van der Waals surface area contributed by atoms with Gasteiger partial charge in [-0.05, 0) is 42.7 Å². The first kappa shape index (κ1) is 29.8. The number of ether oxygens (including phenoxy) is 7. The number of nitrogens with zero attached hydrogens (tertiary/aromatic N) is 1. The topological polar surface area (TPSA) is 129 Å². The molecule has 11 heteroatoms. The summed E-state index contributed by atoms with van der Waals surface area (Å²) in [5, 5.41) is 1.03. The summed E-state index contributed by atoms with van der Waals surface area (Å²) in [6, 6.07) is 10.5. The van der Waals surface area contributed by atoms with Crippen molar-refractivity contribution in [1.82, 2.24) is 4.98 Å². The second-order valence-corrected chi connectivity index (χ2v) is 10.2. The average molecular weight is 592 g/mol. The number of esters is 3. The van der Waals surface area contributed by atoms with Gasteiger partial charge in [0.25, 0.3) is 0 Å². The molecule has 226 valence electrons. The van der Waals surface area contributed by atoms with Gasteiger partial charge >= 0.3 is 17.9 Å². The summed E-state index contributed by atoms with van der Waals surface area (Å²) in [6.07, 6.45) is 3.99. The molecule has 0 bridgehead atoms. The van der Waals surface area contributed by atoms with E-state index in [2.05, 4.69) is 0 Å². The third kappa shape index (κ3) is 6.41. The van der Waals surface area contributed by atoms with Crippen LogP contribution in [0.2, 0.25) is 0 Å². The van der Waals surface area contributed by atoms with E-state index >= 15 is 0 Å². The summed E-state index contributed by atoms with van der Waals surface area (Å²) in [5.74, 6) is -0.485. The maximum atomic E-state index is 12.8. The number of benzene rings is 2. The smallest absolute Gasteiger partial charge is 0.423 e. The molecule has 0 saturated carbocycles. The molecule has 3 aromatic rings. The van der Waals surface area contributed by atoms with Crippen molar-refractivity contribution in [3.8, 4) is 23.0 Å². The Balaban J connectivity index is 1.42. The number of aryl methyl sites for hydroxylation is 1. The molecule has 0 N–H and O–H groups in total. The van der Waals surface area contributed by atoms with Gasteiger partial charge in [0, 0.05) is 36.9 Å². The minimum absolute atomic E-state index is 0.0326. The number of hydrogen-bond acceptors (Lipinski definition) is 11. The molecule has 43 heavy (non-hydrogen) atoms. The van der Waals surface area contributed by atoms with Gasteiger partial charge in [-0.15, -0.1) is 0 Å². The second-order valence-electron chi connectivity index (χ2n) is 10.2. The van der Waals surface area contributed by atoms with Crippen LogP contribution < -0.4 is 18.9 Å². The van der Waals surface area contributed by atoms with Crippen LogP contribution in [-0.4, -0.2) is 64.0 Å². The van der Waals surface area contributed by atoms with E-state index in [1.807, 2.05) is 12.1 Å². The van der Waals surface area contributed by atoms with Crippen molar-refractivity contribution < 1.29 is 47.5 Å². The zero-order chi connectivity index (χ0) is 30.5.